The third-order valence-corrected chi connectivity index (χ3v) is 4.98. The van der Waals surface area contributed by atoms with Crippen LogP contribution in [-0.2, 0) is 19.1 Å². The van der Waals surface area contributed by atoms with Gasteiger partial charge < -0.3 is 19.4 Å². The Balaban J connectivity index is 2.13. The Morgan fingerprint density at radius 3 is 2.42 bits per heavy atom. The first kappa shape index (κ1) is 23.9. The zero-order valence-electron chi connectivity index (χ0n) is 18.9. The summed E-state index contributed by atoms with van der Waals surface area (Å²) in [6.07, 6.45) is 0.436. The summed E-state index contributed by atoms with van der Waals surface area (Å²) in [5.74, 6) is -1.31. The van der Waals surface area contributed by atoms with Gasteiger partial charge in [-0.2, -0.15) is 5.26 Å². The smallest absolute Gasteiger partial charge is 0.349 e. The van der Waals surface area contributed by atoms with Crippen LogP contribution in [0, 0.1) is 32.1 Å². The van der Waals surface area contributed by atoms with Crippen LogP contribution in [0.4, 0.5) is 5.69 Å². The zero-order chi connectivity index (χ0) is 23.1. The molecule has 0 spiro atoms. The summed E-state index contributed by atoms with van der Waals surface area (Å²) in [4.78, 5) is 24.8. The third-order valence-electron chi connectivity index (χ3n) is 4.98. The van der Waals surface area contributed by atoms with Gasteiger partial charge in [0.25, 0.3) is 5.91 Å². The molecule has 7 nitrogen and oxygen atoms in total. The molecule has 0 radical (unpaired) electrons. The topological polar surface area (TPSA) is 93.3 Å². The number of aromatic nitrogens is 1. The molecule has 0 saturated heterocycles. The summed E-state index contributed by atoms with van der Waals surface area (Å²) in [7, 11) is 1.64. The molecular formula is C24H29N3O4. The van der Waals surface area contributed by atoms with Crippen molar-refractivity contribution in [3.05, 3.63) is 58.4 Å². The molecule has 1 N–H and O–H groups in total. The van der Waals surface area contributed by atoms with Gasteiger partial charge in [-0.15, -0.1) is 0 Å². The Labute approximate surface area is 183 Å². The third kappa shape index (κ3) is 6.06. The first-order valence-corrected chi connectivity index (χ1v) is 10.1. The summed E-state index contributed by atoms with van der Waals surface area (Å²) in [6.45, 7) is 9.86. The fourth-order valence-corrected chi connectivity index (χ4v) is 3.39. The molecule has 1 amide bonds. The maximum Gasteiger partial charge on any atom is 0.349 e. The quantitative estimate of drug-likeness (QED) is 0.392. The molecule has 7 heteroatoms. The Kier molecular flexibility index (Phi) is 8.17. The fourth-order valence-electron chi connectivity index (χ4n) is 3.39. The van der Waals surface area contributed by atoms with Gasteiger partial charge in [-0.25, -0.2) is 4.79 Å². The summed E-state index contributed by atoms with van der Waals surface area (Å²) >= 11 is 0. The molecule has 0 fully saturated rings. The van der Waals surface area contributed by atoms with Crippen LogP contribution in [-0.4, -0.2) is 36.3 Å². The standard InChI is InChI=1S/C24H29N3O4/c1-15-7-9-22(10-8-15)26-23(28)19(5)31-24(29)21(13-25)12-20-11-16(2)27(18(20)4)17(3)14-30-6/h7-12,17,19H,14H2,1-6H3,(H,26,28)/b21-12+/t17-,19-/m0/s1. The molecule has 0 bridgehead atoms. The molecule has 1 heterocycles. The van der Waals surface area contributed by atoms with Gasteiger partial charge in [-0.05, 0) is 64.5 Å². The maximum absolute atomic E-state index is 12.5. The summed E-state index contributed by atoms with van der Waals surface area (Å²) in [5.41, 5.74) is 4.14. The minimum Gasteiger partial charge on any atom is -0.448 e. The van der Waals surface area contributed by atoms with Crippen LogP contribution in [0.5, 0.6) is 0 Å². The average molecular weight is 424 g/mol. The van der Waals surface area contributed by atoms with Gasteiger partial charge in [-0.1, -0.05) is 17.7 Å². The number of nitriles is 1. The average Bonchev–Trinajstić information content (AvgIpc) is 3.00. The van der Waals surface area contributed by atoms with Crippen molar-refractivity contribution < 1.29 is 19.1 Å². The molecule has 0 aliphatic carbocycles. The largest absolute Gasteiger partial charge is 0.448 e. The maximum atomic E-state index is 12.5. The van der Waals surface area contributed by atoms with Gasteiger partial charge in [0.1, 0.15) is 11.6 Å². The molecule has 0 aliphatic heterocycles. The number of nitrogens with zero attached hydrogens (tertiary/aromatic N) is 2. The summed E-state index contributed by atoms with van der Waals surface area (Å²) in [5, 5.41) is 12.2. The molecule has 0 saturated carbocycles. The minimum absolute atomic E-state index is 0.107. The van der Waals surface area contributed by atoms with Crippen LogP contribution in [0.3, 0.4) is 0 Å². The minimum atomic E-state index is -1.06. The van der Waals surface area contributed by atoms with E-state index in [2.05, 4.69) is 9.88 Å². The number of esters is 1. The van der Waals surface area contributed by atoms with Crippen molar-refractivity contribution in [2.75, 3.05) is 19.0 Å². The number of nitrogens with one attached hydrogen (secondary N) is 1. The first-order valence-electron chi connectivity index (χ1n) is 10.1. The number of carbonyl (C=O) groups excluding carboxylic acids is 2. The molecule has 2 aromatic rings. The number of anilines is 1. The predicted molar refractivity (Wildman–Crippen MR) is 119 cm³/mol. The van der Waals surface area contributed by atoms with Gasteiger partial charge >= 0.3 is 5.97 Å². The van der Waals surface area contributed by atoms with Crippen LogP contribution < -0.4 is 5.32 Å². The van der Waals surface area contributed by atoms with Gasteiger partial charge in [0.15, 0.2) is 6.10 Å². The van der Waals surface area contributed by atoms with Gasteiger partial charge in [0, 0.05) is 24.2 Å². The van der Waals surface area contributed by atoms with Crippen molar-refractivity contribution in [3.8, 4) is 6.07 Å². The van der Waals surface area contributed by atoms with Crippen molar-refractivity contribution in [2.24, 2.45) is 0 Å². The lowest BCUT2D eigenvalue weighted by atomic mass is 10.1. The highest BCUT2D eigenvalue weighted by Gasteiger charge is 2.22. The molecule has 31 heavy (non-hydrogen) atoms. The zero-order valence-corrected chi connectivity index (χ0v) is 18.9. The fraction of sp³-hybridized carbons (Fsp3) is 0.375. The Hall–Kier alpha value is -3.37. The highest BCUT2D eigenvalue weighted by atomic mass is 16.5. The van der Waals surface area contributed by atoms with Crippen LogP contribution in [0.1, 0.15) is 42.4 Å². The number of methoxy groups -OCH3 is 1. The molecule has 2 atom stereocenters. The number of hydrogen-bond donors (Lipinski definition) is 1. The van der Waals surface area contributed by atoms with Gasteiger partial charge in [0.05, 0.1) is 12.6 Å². The lowest BCUT2D eigenvalue weighted by Gasteiger charge is -2.17. The van der Waals surface area contributed by atoms with E-state index in [4.69, 9.17) is 9.47 Å². The molecule has 1 aromatic heterocycles. The van der Waals surface area contributed by atoms with Crippen LogP contribution >= 0.6 is 0 Å². The van der Waals surface area contributed by atoms with Crippen molar-refractivity contribution in [1.82, 2.24) is 4.57 Å². The monoisotopic (exact) mass is 423 g/mol. The number of carbonyl (C=O) groups is 2. The summed E-state index contributed by atoms with van der Waals surface area (Å²) in [6, 6.07) is 11.2. The molecule has 164 valence electrons. The lowest BCUT2D eigenvalue weighted by Crippen LogP contribution is -2.30. The van der Waals surface area contributed by atoms with E-state index < -0.39 is 18.0 Å². The van der Waals surface area contributed by atoms with Crippen molar-refractivity contribution in [3.63, 3.8) is 0 Å². The summed E-state index contributed by atoms with van der Waals surface area (Å²) < 4.78 is 12.5. The van der Waals surface area contributed by atoms with Crippen molar-refractivity contribution in [2.45, 2.75) is 46.8 Å². The highest BCUT2D eigenvalue weighted by Crippen LogP contribution is 2.23. The van der Waals surface area contributed by atoms with E-state index in [1.54, 1.807) is 19.2 Å². The molecule has 1 aromatic carbocycles. The SMILES string of the molecule is COC[C@H](C)n1c(C)cc(/C=C(\C#N)C(=O)O[C@@H](C)C(=O)Nc2ccc(C)cc2)c1C. The van der Waals surface area contributed by atoms with E-state index >= 15 is 0 Å². The van der Waals surface area contributed by atoms with Gasteiger partial charge in [0.2, 0.25) is 0 Å². The van der Waals surface area contributed by atoms with E-state index in [-0.39, 0.29) is 11.6 Å². The Morgan fingerprint density at radius 2 is 1.84 bits per heavy atom. The van der Waals surface area contributed by atoms with Crippen molar-refractivity contribution >= 4 is 23.6 Å². The Bertz CT molecular complexity index is 1010. The number of benzene rings is 1. The van der Waals surface area contributed by atoms with Crippen LogP contribution in [0.2, 0.25) is 0 Å². The second-order valence-corrected chi connectivity index (χ2v) is 7.57. The highest BCUT2D eigenvalue weighted by molar-refractivity contribution is 6.01. The second-order valence-electron chi connectivity index (χ2n) is 7.57. The van der Waals surface area contributed by atoms with Crippen LogP contribution in [0.15, 0.2) is 35.9 Å². The number of hydrogen-bond acceptors (Lipinski definition) is 5. The molecule has 0 aliphatic rings. The number of rotatable bonds is 8. The number of aryl methyl sites for hydroxylation is 2. The van der Waals surface area contributed by atoms with Crippen molar-refractivity contribution in [1.29, 1.82) is 5.26 Å². The van der Waals surface area contributed by atoms with E-state index in [0.29, 0.717) is 12.3 Å². The van der Waals surface area contributed by atoms with E-state index in [0.717, 1.165) is 22.5 Å². The normalized spacial score (nSPS) is 13.3. The molecule has 0 unspecified atom stereocenters. The lowest BCUT2D eigenvalue weighted by molar-refractivity contribution is -0.148. The van der Waals surface area contributed by atoms with E-state index in [9.17, 15) is 14.9 Å². The van der Waals surface area contributed by atoms with E-state index in [1.165, 1.54) is 13.0 Å². The van der Waals surface area contributed by atoms with Gasteiger partial charge in [-0.3, -0.25) is 4.79 Å². The number of amides is 1. The molecule has 2 rings (SSSR count). The van der Waals surface area contributed by atoms with Crippen LogP contribution in [0.25, 0.3) is 6.08 Å². The molecular weight excluding hydrogens is 394 g/mol. The Morgan fingerprint density at radius 1 is 1.19 bits per heavy atom. The second kappa shape index (κ2) is 10.6. The van der Waals surface area contributed by atoms with E-state index in [1.807, 2.05) is 52.0 Å². The number of ether oxygens (including phenoxy) is 2. The first-order chi connectivity index (χ1) is 14.7. The predicted octanol–water partition coefficient (Wildman–Crippen LogP) is 4.10.